The lowest BCUT2D eigenvalue weighted by atomic mass is 10.1. The molecule has 3 N–H and O–H groups in total. The standard InChI is InChI=1S/C12H18N2OS/c1-3-15-7-6-14-11-5-4-9(2)8-10(11)12(13)16/h4-5,8,14H,3,6-7H2,1-2H3,(H2,13,16). The van der Waals surface area contributed by atoms with E-state index in [2.05, 4.69) is 5.32 Å². The molecule has 0 spiro atoms. The minimum atomic E-state index is 0.419. The summed E-state index contributed by atoms with van der Waals surface area (Å²) < 4.78 is 5.25. The summed E-state index contributed by atoms with van der Waals surface area (Å²) >= 11 is 5.02. The summed E-state index contributed by atoms with van der Waals surface area (Å²) in [5.74, 6) is 0. The number of ether oxygens (including phenoxy) is 1. The summed E-state index contributed by atoms with van der Waals surface area (Å²) in [5, 5.41) is 3.26. The third kappa shape index (κ3) is 3.79. The predicted octanol–water partition coefficient (Wildman–Crippen LogP) is 2.08. The van der Waals surface area contributed by atoms with Crippen molar-refractivity contribution < 1.29 is 4.74 Å². The smallest absolute Gasteiger partial charge is 0.106 e. The molecule has 0 aliphatic rings. The van der Waals surface area contributed by atoms with Crippen LogP contribution in [0.25, 0.3) is 0 Å². The Morgan fingerprint density at radius 3 is 2.88 bits per heavy atom. The Labute approximate surface area is 102 Å². The number of rotatable bonds is 6. The molecule has 1 aromatic carbocycles. The third-order valence-corrected chi connectivity index (χ3v) is 2.43. The van der Waals surface area contributed by atoms with Crippen LogP contribution in [-0.4, -0.2) is 24.7 Å². The van der Waals surface area contributed by atoms with Gasteiger partial charge < -0.3 is 15.8 Å². The molecule has 0 aromatic heterocycles. The van der Waals surface area contributed by atoms with Gasteiger partial charge in [0, 0.05) is 24.4 Å². The Morgan fingerprint density at radius 2 is 2.25 bits per heavy atom. The molecule has 0 radical (unpaired) electrons. The van der Waals surface area contributed by atoms with E-state index in [-0.39, 0.29) is 0 Å². The lowest BCUT2D eigenvalue weighted by molar-refractivity contribution is 0.158. The maximum Gasteiger partial charge on any atom is 0.106 e. The lowest BCUT2D eigenvalue weighted by Crippen LogP contribution is -2.16. The largest absolute Gasteiger partial charge is 0.389 e. The monoisotopic (exact) mass is 238 g/mol. The molecule has 0 bridgehead atoms. The van der Waals surface area contributed by atoms with E-state index in [0.29, 0.717) is 11.6 Å². The summed E-state index contributed by atoms with van der Waals surface area (Å²) in [4.78, 5) is 0.419. The van der Waals surface area contributed by atoms with Crippen molar-refractivity contribution in [3.05, 3.63) is 29.3 Å². The van der Waals surface area contributed by atoms with E-state index in [1.807, 2.05) is 32.0 Å². The van der Waals surface area contributed by atoms with Crippen molar-refractivity contribution in [3.63, 3.8) is 0 Å². The summed E-state index contributed by atoms with van der Waals surface area (Å²) in [5.41, 5.74) is 8.69. The van der Waals surface area contributed by atoms with Crippen molar-refractivity contribution in [1.82, 2.24) is 0 Å². The van der Waals surface area contributed by atoms with Gasteiger partial charge in [-0.2, -0.15) is 0 Å². The van der Waals surface area contributed by atoms with Crippen molar-refractivity contribution in [2.45, 2.75) is 13.8 Å². The fourth-order valence-electron chi connectivity index (χ4n) is 1.42. The Hall–Kier alpha value is -1.13. The van der Waals surface area contributed by atoms with Crippen molar-refractivity contribution in [3.8, 4) is 0 Å². The second kappa shape index (κ2) is 6.45. The quantitative estimate of drug-likeness (QED) is 0.588. The fourth-order valence-corrected chi connectivity index (χ4v) is 1.59. The zero-order valence-corrected chi connectivity index (χ0v) is 10.6. The number of nitrogens with one attached hydrogen (secondary N) is 1. The van der Waals surface area contributed by atoms with Gasteiger partial charge in [0.15, 0.2) is 0 Å². The number of nitrogens with two attached hydrogens (primary N) is 1. The first-order chi connectivity index (χ1) is 7.65. The van der Waals surface area contributed by atoms with E-state index in [1.54, 1.807) is 0 Å². The van der Waals surface area contributed by atoms with Crippen LogP contribution < -0.4 is 11.1 Å². The van der Waals surface area contributed by atoms with Crippen LogP contribution in [0.1, 0.15) is 18.1 Å². The summed E-state index contributed by atoms with van der Waals surface area (Å²) in [6, 6.07) is 6.02. The first-order valence-corrected chi connectivity index (χ1v) is 5.78. The molecule has 4 heteroatoms. The van der Waals surface area contributed by atoms with E-state index >= 15 is 0 Å². The molecular weight excluding hydrogens is 220 g/mol. The van der Waals surface area contributed by atoms with Crippen molar-refractivity contribution in [2.75, 3.05) is 25.1 Å². The van der Waals surface area contributed by atoms with Crippen LogP contribution in [0.5, 0.6) is 0 Å². The molecule has 0 saturated carbocycles. The van der Waals surface area contributed by atoms with Gasteiger partial charge in [0.25, 0.3) is 0 Å². The maximum absolute atomic E-state index is 5.67. The molecule has 0 aliphatic carbocycles. The SMILES string of the molecule is CCOCCNc1ccc(C)cc1C(N)=S. The highest BCUT2D eigenvalue weighted by Gasteiger charge is 2.04. The van der Waals surface area contributed by atoms with Crippen LogP contribution in [-0.2, 0) is 4.74 Å². The van der Waals surface area contributed by atoms with E-state index in [9.17, 15) is 0 Å². The number of hydrogen-bond acceptors (Lipinski definition) is 3. The van der Waals surface area contributed by atoms with E-state index in [4.69, 9.17) is 22.7 Å². The molecule has 0 fully saturated rings. The molecule has 0 saturated heterocycles. The van der Waals surface area contributed by atoms with Crippen LogP contribution >= 0.6 is 12.2 Å². The molecule has 0 heterocycles. The van der Waals surface area contributed by atoms with Gasteiger partial charge in [-0.05, 0) is 26.0 Å². The second-order valence-electron chi connectivity index (χ2n) is 3.54. The average Bonchev–Trinajstić information content (AvgIpc) is 2.26. The number of benzene rings is 1. The first kappa shape index (κ1) is 12.9. The van der Waals surface area contributed by atoms with Crippen LogP contribution in [0, 0.1) is 6.92 Å². The molecule has 0 atom stereocenters. The number of hydrogen-bond donors (Lipinski definition) is 2. The van der Waals surface area contributed by atoms with Gasteiger partial charge in [0.05, 0.1) is 6.61 Å². The van der Waals surface area contributed by atoms with Crippen LogP contribution in [0.15, 0.2) is 18.2 Å². The van der Waals surface area contributed by atoms with Gasteiger partial charge >= 0.3 is 0 Å². The fraction of sp³-hybridized carbons (Fsp3) is 0.417. The zero-order chi connectivity index (χ0) is 12.0. The molecule has 1 aromatic rings. The molecule has 16 heavy (non-hydrogen) atoms. The Kier molecular flexibility index (Phi) is 5.22. The minimum absolute atomic E-state index is 0.419. The highest BCUT2D eigenvalue weighted by atomic mass is 32.1. The number of aryl methyl sites for hydroxylation is 1. The highest BCUT2D eigenvalue weighted by molar-refractivity contribution is 7.80. The second-order valence-corrected chi connectivity index (χ2v) is 3.98. The Balaban J connectivity index is 2.67. The van der Waals surface area contributed by atoms with E-state index < -0.39 is 0 Å². The average molecular weight is 238 g/mol. The third-order valence-electron chi connectivity index (χ3n) is 2.21. The summed E-state index contributed by atoms with van der Waals surface area (Å²) in [7, 11) is 0. The molecule has 0 unspecified atom stereocenters. The van der Waals surface area contributed by atoms with Crippen LogP contribution in [0.2, 0.25) is 0 Å². The first-order valence-electron chi connectivity index (χ1n) is 5.37. The number of anilines is 1. The maximum atomic E-state index is 5.67. The summed E-state index contributed by atoms with van der Waals surface area (Å²) in [6.07, 6.45) is 0. The zero-order valence-electron chi connectivity index (χ0n) is 9.75. The van der Waals surface area contributed by atoms with Crippen LogP contribution in [0.3, 0.4) is 0 Å². The summed E-state index contributed by atoms with van der Waals surface area (Å²) in [6.45, 7) is 6.17. The Morgan fingerprint density at radius 1 is 1.50 bits per heavy atom. The van der Waals surface area contributed by atoms with Crippen LogP contribution in [0.4, 0.5) is 5.69 Å². The highest BCUT2D eigenvalue weighted by Crippen LogP contribution is 2.16. The molecular formula is C12H18N2OS. The minimum Gasteiger partial charge on any atom is -0.389 e. The molecule has 0 amide bonds. The van der Waals surface area contributed by atoms with E-state index in [0.717, 1.165) is 30.0 Å². The topological polar surface area (TPSA) is 47.3 Å². The molecule has 3 nitrogen and oxygen atoms in total. The van der Waals surface area contributed by atoms with E-state index in [1.165, 1.54) is 0 Å². The van der Waals surface area contributed by atoms with Gasteiger partial charge in [0.1, 0.15) is 4.99 Å². The molecule has 88 valence electrons. The normalized spacial score (nSPS) is 10.1. The van der Waals surface area contributed by atoms with Crippen molar-refractivity contribution >= 4 is 22.9 Å². The lowest BCUT2D eigenvalue weighted by Gasteiger charge is -2.11. The molecule has 0 aliphatic heterocycles. The van der Waals surface area contributed by atoms with Gasteiger partial charge in [-0.15, -0.1) is 0 Å². The van der Waals surface area contributed by atoms with Gasteiger partial charge in [-0.25, -0.2) is 0 Å². The van der Waals surface area contributed by atoms with Gasteiger partial charge in [0.2, 0.25) is 0 Å². The van der Waals surface area contributed by atoms with Crippen molar-refractivity contribution in [2.24, 2.45) is 5.73 Å². The van der Waals surface area contributed by atoms with Gasteiger partial charge in [-0.1, -0.05) is 23.8 Å². The predicted molar refractivity (Wildman–Crippen MR) is 72.0 cm³/mol. The Bertz CT molecular complexity index is 366. The number of thiocarbonyl (C=S) groups is 1. The van der Waals surface area contributed by atoms with Crippen molar-refractivity contribution in [1.29, 1.82) is 0 Å². The molecule has 1 rings (SSSR count). The van der Waals surface area contributed by atoms with Gasteiger partial charge in [-0.3, -0.25) is 0 Å².